The summed E-state index contributed by atoms with van der Waals surface area (Å²) in [5.74, 6) is 1.77. The van der Waals surface area contributed by atoms with Crippen molar-refractivity contribution in [3.63, 3.8) is 0 Å². The van der Waals surface area contributed by atoms with Gasteiger partial charge in [-0.2, -0.15) is 0 Å². The Morgan fingerprint density at radius 2 is 2.05 bits per heavy atom. The Labute approximate surface area is 127 Å². The van der Waals surface area contributed by atoms with E-state index < -0.39 is 0 Å². The summed E-state index contributed by atoms with van der Waals surface area (Å²) in [4.78, 5) is 12.1. The van der Waals surface area contributed by atoms with Gasteiger partial charge in [0.25, 0.3) is 0 Å². The minimum absolute atomic E-state index is 0.0554. The molecule has 0 fully saturated rings. The number of amides is 1. The van der Waals surface area contributed by atoms with Crippen LogP contribution >= 0.6 is 0 Å². The van der Waals surface area contributed by atoms with Crippen LogP contribution in [0, 0.1) is 11.8 Å². The van der Waals surface area contributed by atoms with Crippen molar-refractivity contribution >= 4 is 5.91 Å². The Morgan fingerprint density at radius 1 is 1.33 bits per heavy atom. The molecule has 3 unspecified atom stereocenters. The van der Waals surface area contributed by atoms with E-state index >= 15 is 0 Å². The van der Waals surface area contributed by atoms with Gasteiger partial charge in [0.15, 0.2) is 0 Å². The molecule has 1 aromatic carbocycles. The van der Waals surface area contributed by atoms with E-state index in [0.717, 1.165) is 11.3 Å². The van der Waals surface area contributed by atoms with Crippen LogP contribution in [0.4, 0.5) is 0 Å². The highest BCUT2D eigenvalue weighted by atomic mass is 16.5. The number of carbonyl (C=O) groups excluding carboxylic acids is 1. The van der Waals surface area contributed by atoms with Gasteiger partial charge in [-0.25, -0.2) is 0 Å². The van der Waals surface area contributed by atoms with E-state index in [-0.39, 0.29) is 18.0 Å². The lowest BCUT2D eigenvalue weighted by atomic mass is 9.91. The van der Waals surface area contributed by atoms with E-state index in [1.807, 2.05) is 25.1 Å². The summed E-state index contributed by atoms with van der Waals surface area (Å²) in [6.45, 7) is 9.64. The number of fused-ring (bicyclic) bond motifs is 1. The number of ether oxygens (including phenoxy) is 1. The van der Waals surface area contributed by atoms with Gasteiger partial charge in [0, 0.05) is 24.1 Å². The minimum atomic E-state index is -0.220. The summed E-state index contributed by atoms with van der Waals surface area (Å²) in [6.07, 6.45) is 0. The van der Waals surface area contributed by atoms with Crippen molar-refractivity contribution in [1.82, 2.24) is 10.6 Å². The minimum Gasteiger partial charge on any atom is -0.493 e. The molecule has 4 heteroatoms. The van der Waals surface area contributed by atoms with Crippen molar-refractivity contribution in [3.8, 4) is 5.75 Å². The molecule has 0 radical (unpaired) electrons. The van der Waals surface area contributed by atoms with Crippen molar-refractivity contribution in [3.05, 3.63) is 29.8 Å². The fourth-order valence-corrected chi connectivity index (χ4v) is 2.55. The second-order valence-electron chi connectivity index (χ2n) is 6.33. The summed E-state index contributed by atoms with van der Waals surface area (Å²) in [7, 11) is 0. The van der Waals surface area contributed by atoms with Crippen molar-refractivity contribution in [2.45, 2.75) is 39.8 Å². The number of benzene rings is 1. The molecule has 1 aliphatic heterocycles. The third-order valence-corrected chi connectivity index (χ3v) is 3.83. The first-order chi connectivity index (χ1) is 9.99. The number of para-hydroxylation sites is 1. The van der Waals surface area contributed by atoms with E-state index in [9.17, 15) is 4.79 Å². The Kier molecular flexibility index (Phi) is 5.23. The smallest absolute Gasteiger partial charge is 0.236 e. The van der Waals surface area contributed by atoms with Gasteiger partial charge in [-0.05, 0) is 18.9 Å². The first kappa shape index (κ1) is 15.8. The molecule has 21 heavy (non-hydrogen) atoms. The number of hydrogen-bond acceptors (Lipinski definition) is 3. The molecule has 0 spiro atoms. The van der Waals surface area contributed by atoms with E-state index in [2.05, 4.69) is 37.5 Å². The SMILES string of the molecule is CC(C)CNC(=O)C(C)NC1c2ccccc2OCC1C. The maximum Gasteiger partial charge on any atom is 0.236 e. The van der Waals surface area contributed by atoms with Gasteiger partial charge >= 0.3 is 0 Å². The first-order valence-corrected chi connectivity index (χ1v) is 7.74. The average molecular weight is 290 g/mol. The zero-order chi connectivity index (χ0) is 15.4. The normalized spacial score (nSPS) is 22.3. The maximum atomic E-state index is 12.1. The van der Waals surface area contributed by atoms with E-state index in [0.29, 0.717) is 25.0 Å². The predicted molar refractivity (Wildman–Crippen MR) is 84.3 cm³/mol. The molecule has 1 amide bonds. The van der Waals surface area contributed by atoms with Crippen molar-refractivity contribution < 1.29 is 9.53 Å². The lowest BCUT2D eigenvalue weighted by Crippen LogP contribution is -2.47. The van der Waals surface area contributed by atoms with Gasteiger partial charge in [-0.3, -0.25) is 10.1 Å². The highest BCUT2D eigenvalue weighted by Crippen LogP contribution is 2.35. The van der Waals surface area contributed by atoms with Crippen molar-refractivity contribution in [2.24, 2.45) is 11.8 Å². The summed E-state index contributed by atoms with van der Waals surface area (Å²) in [6, 6.07) is 7.97. The quantitative estimate of drug-likeness (QED) is 0.876. The predicted octanol–water partition coefficient (Wildman–Crippen LogP) is 2.51. The lowest BCUT2D eigenvalue weighted by molar-refractivity contribution is -0.123. The Hall–Kier alpha value is -1.55. The molecule has 4 nitrogen and oxygen atoms in total. The van der Waals surface area contributed by atoms with Crippen LogP contribution in [0.25, 0.3) is 0 Å². The molecule has 0 aliphatic carbocycles. The highest BCUT2D eigenvalue weighted by Gasteiger charge is 2.29. The third kappa shape index (κ3) is 3.97. The van der Waals surface area contributed by atoms with Crippen LogP contribution in [-0.2, 0) is 4.79 Å². The van der Waals surface area contributed by atoms with Gasteiger partial charge in [-0.1, -0.05) is 39.0 Å². The number of nitrogens with one attached hydrogen (secondary N) is 2. The lowest BCUT2D eigenvalue weighted by Gasteiger charge is -2.34. The standard InChI is InChI=1S/C17H26N2O2/c1-11(2)9-18-17(20)13(4)19-16-12(3)10-21-15-8-6-5-7-14(15)16/h5-8,11-13,16,19H,9-10H2,1-4H3,(H,18,20). The molecule has 0 saturated carbocycles. The third-order valence-electron chi connectivity index (χ3n) is 3.83. The van der Waals surface area contributed by atoms with Crippen molar-refractivity contribution in [1.29, 1.82) is 0 Å². The summed E-state index contributed by atoms with van der Waals surface area (Å²) in [5.41, 5.74) is 1.14. The Morgan fingerprint density at radius 3 is 2.76 bits per heavy atom. The van der Waals surface area contributed by atoms with Crippen LogP contribution < -0.4 is 15.4 Å². The van der Waals surface area contributed by atoms with Gasteiger partial charge < -0.3 is 10.1 Å². The zero-order valence-electron chi connectivity index (χ0n) is 13.3. The monoisotopic (exact) mass is 290 g/mol. The van der Waals surface area contributed by atoms with E-state index in [1.165, 1.54) is 0 Å². The summed E-state index contributed by atoms with van der Waals surface area (Å²) in [5, 5.41) is 6.43. The molecule has 0 aromatic heterocycles. The second kappa shape index (κ2) is 6.94. The average Bonchev–Trinajstić information content (AvgIpc) is 2.47. The molecule has 2 N–H and O–H groups in total. The van der Waals surface area contributed by atoms with Gasteiger partial charge in [0.05, 0.1) is 12.6 Å². The maximum absolute atomic E-state index is 12.1. The van der Waals surface area contributed by atoms with Crippen LogP contribution in [0.5, 0.6) is 5.75 Å². The fraction of sp³-hybridized carbons (Fsp3) is 0.588. The molecular formula is C17H26N2O2. The van der Waals surface area contributed by atoms with Crippen LogP contribution in [0.15, 0.2) is 24.3 Å². The number of carbonyl (C=O) groups is 1. The molecule has 0 bridgehead atoms. The fourth-order valence-electron chi connectivity index (χ4n) is 2.55. The molecule has 1 aromatic rings. The summed E-state index contributed by atoms with van der Waals surface area (Å²) < 4.78 is 5.75. The molecule has 116 valence electrons. The topological polar surface area (TPSA) is 50.4 Å². The van der Waals surface area contributed by atoms with E-state index in [4.69, 9.17) is 4.74 Å². The molecule has 1 aliphatic rings. The Bertz CT molecular complexity index is 487. The van der Waals surface area contributed by atoms with Gasteiger partial charge in [-0.15, -0.1) is 0 Å². The van der Waals surface area contributed by atoms with Gasteiger partial charge in [0.1, 0.15) is 5.75 Å². The summed E-state index contributed by atoms with van der Waals surface area (Å²) >= 11 is 0. The number of hydrogen-bond donors (Lipinski definition) is 2. The molecule has 1 heterocycles. The largest absolute Gasteiger partial charge is 0.493 e. The van der Waals surface area contributed by atoms with Crippen LogP contribution in [0.1, 0.15) is 39.3 Å². The van der Waals surface area contributed by atoms with Gasteiger partial charge in [0.2, 0.25) is 5.91 Å². The first-order valence-electron chi connectivity index (χ1n) is 7.74. The molecule has 2 rings (SSSR count). The van der Waals surface area contributed by atoms with Crippen LogP contribution in [0.2, 0.25) is 0 Å². The highest BCUT2D eigenvalue weighted by molar-refractivity contribution is 5.81. The second-order valence-corrected chi connectivity index (χ2v) is 6.33. The molecule has 0 saturated heterocycles. The van der Waals surface area contributed by atoms with Crippen LogP contribution in [0.3, 0.4) is 0 Å². The number of rotatable bonds is 5. The van der Waals surface area contributed by atoms with Crippen LogP contribution in [-0.4, -0.2) is 25.1 Å². The van der Waals surface area contributed by atoms with Crippen molar-refractivity contribution in [2.75, 3.05) is 13.2 Å². The van der Waals surface area contributed by atoms with E-state index in [1.54, 1.807) is 0 Å². The Balaban J connectivity index is 2.03. The molecular weight excluding hydrogens is 264 g/mol. The zero-order valence-corrected chi connectivity index (χ0v) is 13.3. The molecule has 3 atom stereocenters.